The Labute approximate surface area is 109 Å². The molecule has 4 nitrogen and oxygen atoms in total. The fourth-order valence-corrected chi connectivity index (χ4v) is 2.70. The fourth-order valence-electron chi connectivity index (χ4n) is 2.11. The Morgan fingerprint density at radius 3 is 2.71 bits per heavy atom. The Morgan fingerprint density at radius 2 is 2.12 bits per heavy atom. The number of thioether (sulfide) groups is 1. The zero-order valence-electron chi connectivity index (χ0n) is 11.0. The van der Waals surface area contributed by atoms with Crippen LogP contribution in [-0.4, -0.2) is 30.1 Å². The van der Waals surface area contributed by atoms with E-state index in [-0.39, 0.29) is 0 Å². The number of rotatable bonds is 5. The molecule has 100 valence electrons. The van der Waals surface area contributed by atoms with Gasteiger partial charge in [0, 0.05) is 6.04 Å². The van der Waals surface area contributed by atoms with Gasteiger partial charge in [-0.1, -0.05) is 19.3 Å². The molecule has 0 spiro atoms. The molecule has 1 rings (SSSR count). The van der Waals surface area contributed by atoms with E-state index in [1.807, 2.05) is 11.8 Å². The molecule has 0 aliphatic heterocycles. The SMILES string of the molecule is CSCCC(C)NC(=NC1CCCCC1)NN. The third-order valence-electron chi connectivity index (χ3n) is 3.16. The first-order chi connectivity index (χ1) is 8.26. The van der Waals surface area contributed by atoms with Crippen LogP contribution in [0.4, 0.5) is 0 Å². The van der Waals surface area contributed by atoms with E-state index in [4.69, 9.17) is 5.84 Å². The van der Waals surface area contributed by atoms with Crippen molar-refractivity contribution in [2.75, 3.05) is 12.0 Å². The van der Waals surface area contributed by atoms with E-state index in [0.717, 1.165) is 18.1 Å². The lowest BCUT2D eigenvalue weighted by Gasteiger charge is -2.21. The van der Waals surface area contributed by atoms with Gasteiger partial charge in [0.15, 0.2) is 0 Å². The standard InChI is InChI=1S/C12H26N4S/c1-10(8-9-17-2)14-12(16-13)15-11-6-4-3-5-7-11/h10-11H,3-9,13H2,1-2H3,(H2,14,15,16). The zero-order valence-corrected chi connectivity index (χ0v) is 11.9. The molecule has 1 saturated carbocycles. The van der Waals surface area contributed by atoms with Crippen molar-refractivity contribution >= 4 is 17.7 Å². The van der Waals surface area contributed by atoms with Crippen LogP contribution in [0.25, 0.3) is 0 Å². The fraction of sp³-hybridized carbons (Fsp3) is 0.917. The largest absolute Gasteiger partial charge is 0.353 e. The third-order valence-corrected chi connectivity index (χ3v) is 3.81. The van der Waals surface area contributed by atoms with Gasteiger partial charge in [-0.2, -0.15) is 11.8 Å². The van der Waals surface area contributed by atoms with Crippen LogP contribution < -0.4 is 16.6 Å². The van der Waals surface area contributed by atoms with Crippen molar-refractivity contribution in [2.45, 2.75) is 57.5 Å². The number of hydrogen-bond donors (Lipinski definition) is 3. The van der Waals surface area contributed by atoms with E-state index in [9.17, 15) is 0 Å². The van der Waals surface area contributed by atoms with Crippen molar-refractivity contribution in [1.29, 1.82) is 0 Å². The topological polar surface area (TPSA) is 62.4 Å². The summed E-state index contributed by atoms with van der Waals surface area (Å²) in [5, 5.41) is 3.35. The number of nitrogens with one attached hydrogen (secondary N) is 2. The van der Waals surface area contributed by atoms with Crippen molar-refractivity contribution in [2.24, 2.45) is 10.8 Å². The number of hydrazine groups is 1. The molecule has 4 N–H and O–H groups in total. The van der Waals surface area contributed by atoms with Gasteiger partial charge in [-0.3, -0.25) is 5.43 Å². The van der Waals surface area contributed by atoms with Crippen molar-refractivity contribution in [3.63, 3.8) is 0 Å². The molecule has 0 amide bonds. The molecule has 17 heavy (non-hydrogen) atoms. The summed E-state index contributed by atoms with van der Waals surface area (Å²) in [4.78, 5) is 4.66. The van der Waals surface area contributed by atoms with Gasteiger partial charge in [0.05, 0.1) is 6.04 Å². The minimum absolute atomic E-state index is 0.417. The summed E-state index contributed by atoms with van der Waals surface area (Å²) in [5.41, 5.74) is 2.69. The van der Waals surface area contributed by atoms with Crippen molar-refractivity contribution in [3.05, 3.63) is 0 Å². The minimum atomic E-state index is 0.417. The Balaban J connectivity index is 2.37. The maximum Gasteiger partial charge on any atom is 0.206 e. The van der Waals surface area contributed by atoms with E-state index in [1.165, 1.54) is 32.1 Å². The van der Waals surface area contributed by atoms with Crippen LogP contribution in [-0.2, 0) is 0 Å². The van der Waals surface area contributed by atoms with E-state index in [1.54, 1.807) is 0 Å². The first-order valence-corrected chi connectivity index (χ1v) is 7.95. The number of aliphatic imine (C=N–C) groups is 1. The van der Waals surface area contributed by atoms with E-state index < -0.39 is 0 Å². The number of hydrogen-bond acceptors (Lipinski definition) is 3. The molecular weight excluding hydrogens is 232 g/mol. The van der Waals surface area contributed by atoms with Crippen LogP contribution in [0.3, 0.4) is 0 Å². The number of nitrogens with two attached hydrogens (primary N) is 1. The van der Waals surface area contributed by atoms with Gasteiger partial charge < -0.3 is 5.32 Å². The van der Waals surface area contributed by atoms with Crippen LogP contribution in [0.2, 0.25) is 0 Å². The van der Waals surface area contributed by atoms with Crippen molar-refractivity contribution < 1.29 is 0 Å². The Hall–Kier alpha value is -0.420. The van der Waals surface area contributed by atoms with Gasteiger partial charge >= 0.3 is 0 Å². The van der Waals surface area contributed by atoms with Crippen LogP contribution in [0, 0.1) is 0 Å². The second-order valence-corrected chi connectivity index (χ2v) is 5.73. The van der Waals surface area contributed by atoms with E-state index in [0.29, 0.717) is 12.1 Å². The molecule has 1 atom stereocenters. The molecule has 0 heterocycles. The molecule has 1 aliphatic carbocycles. The molecule has 1 unspecified atom stereocenters. The van der Waals surface area contributed by atoms with Crippen LogP contribution >= 0.6 is 11.8 Å². The maximum absolute atomic E-state index is 5.52. The smallest absolute Gasteiger partial charge is 0.206 e. The summed E-state index contributed by atoms with van der Waals surface area (Å²) in [6.45, 7) is 2.17. The van der Waals surface area contributed by atoms with Gasteiger partial charge in [-0.15, -0.1) is 0 Å². The van der Waals surface area contributed by atoms with E-state index >= 15 is 0 Å². The van der Waals surface area contributed by atoms with Gasteiger partial charge in [-0.05, 0) is 38.2 Å². The molecule has 0 aromatic heterocycles. The first kappa shape index (κ1) is 14.6. The minimum Gasteiger partial charge on any atom is -0.353 e. The summed E-state index contributed by atoms with van der Waals surface area (Å²) in [5.74, 6) is 7.44. The first-order valence-electron chi connectivity index (χ1n) is 6.56. The highest BCUT2D eigenvalue weighted by Gasteiger charge is 2.13. The summed E-state index contributed by atoms with van der Waals surface area (Å²) in [7, 11) is 0. The summed E-state index contributed by atoms with van der Waals surface area (Å²) < 4.78 is 0. The third kappa shape index (κ3) is 6.17. The molecule has 5 heteroatoms. The molecule has 0 radical (unpaired) electrons. The lowest BCUT2D eigenvalue weighted by atomic mass is 9.96. The summed E-state index contributed by atoms with van der Waals surface area (Å²) in [6.07, 6.45) is 9.62. The van der Waals surface area contributed by atoms with Gasteiger partial charge in [0.25, 0.3) is 0 Å². The summed E-state index contributed by atoms with van der Waals surface area (Å²) in [6, 6.07) is 0.871. The molecule has 0 aromatic carbocycles. The predicted octanol–water partition coefficient (Wildman–Crippen LogP) is 1.87. The number of nitrogens with zero attached hydrogens (tertiary/aromatic N) is 1. The molecule has 1 aliphatic rings. The molecule has 0 saturated heterocycles. The maximum atomic E-state index is 5.52. The Kier molecular flexibility index (Phi) is 7.44. The second-order valence-electron chi connectivity index (χ2n) is 4.74. The monoisotopic (exact) mass is 258 g/mol. The number of guanidine groups is 1. The van der Waals surface area contributed by atoms with Gasteiger partial charge in [0.2, 0.25) is 5.96 Å². The van der Waals surface area contributed by atoms with Gasteiger partial charge in [0.1, 0.15) is 0 Å². The Morgan fingerprint density at radius 1 is 1.41 bits per heavy atom. The lowest BCUT2D eigenvalue weighted by Crippen LogP contribution is -2.46. The van der Waals surface area contributed by atoms with Crippen LogP contribution in [0.15, 0.2) is 4.99 Å². The van der Waals surface area contributed by atoms with E-state index in [2.05, 4.69) is 28.9 Å². The normalized spacial score (nSPS) is 20.1. The molecular formula is C12H26N4S. The van der Waals surface area contributed by atoms with Gasteiger partial charge in [-0.25, -0.2) is 10.8 Å². The second kappa shape index (κ2) is 8.64. The van der Waals surface area contributed by atoms with Crippen LogP contribution in [0.1, 0.15) is 45.4 Å². The quantitative estimate of drug-likeness (QED) is 0.305. The Bertz CT molecular complexity index is 227. The highest BCUT2D eigenvalue weighted by Crippen LogP contribution is 2.20. The van der Waals surface area contributed by atoms with Crippen LogP contribution in [0.5, 0.6) is 0 Å². The highest BCUT2D eigenvalue weighted by molar-refractivity contribution is 7.98. The lowest BCUT2D eigenvalue weighted by molar-refractivity contribution is 0.440. The molecule has 0 bridgehead atoms. The molecule has 1 fully saturated rings. The highest BCUT2D eigenvalue weighted by atomic mass is 32.2. The molecule has 0 aromatic rings. The van der Waals surface area contributed by atoms with Crippen molar-refractivity contribution in [1.82, 2.24) is 10.7 Å². The van der Waals surface area contributed by atoms with Crippen molar-refractivity contribution in [3.8, 4) is 0 Å². The summed E-state index contributed by atoms with van der Waals surface area (Å²) >= 11 is 1.87. The average Bonchev–Trinajstić information content (AvgIpc) is 2.36. The average molecular weight is 258 g/mol. The zero-order chi connectivity index (χ0) is 12.5. The predicted molar refractivity (Wildman–Crippen MR) is 77.2 cm³/mol.